The standard InChI is InChI=1S/C26H27F2N3O5/c1-4-35-22(32)14-20-19(13-21(20)34-3)15-6-5-7-17(12-15)26(23(33)31(2)25(29)30-26)16-8-10-18(11-9-16)36-24(27)28/h5-12,14,19,21,24H,4,13H2,1-3H3,(H2,29,30). The number of benzene rings is 2. The molecule has 3 atom stereocenters. The molecule has 10 heteroatoms. The number of methoxy groups -OCH3 is 1. The maximum absolute atomic E-state index is 13.5. The van der Waals surface area contributed by atoms with E-state index in [2.05, 4.69) is 9.73 Å². The molecule has 2 aromatic carbocycles. The number of ether oxygens (including phenoxy) is 3. The van der Waals surface area contributed by atoms with Crippen LogP contribution in [0.4, 0.5) is 8.78 Å². The molecule has 1 fully saturated rings. The molecule has 2 aromatic rings. The first-order valence-corrected chi connectivity index (χ1v) is 11.4. The fourth-order valence-electron chi connectivity index (χ4n) is 4.67. The third-order valence-corrected chi connectivity index (χ3v) is 6.52. The molecule has 1 heterocycles. The van der Waals surface area contributed by atoms with Crippen molar-refractivity contribution in [3.63, 3.8) is 0 Å². The number of guanidine groups is 1. The second kappa shape index (κ2) is 10.1. The molecule has 0 radical (unpaired) electrons. The number of alkyl halides is 2. The predicted molar refractivity (Wildman–Crippen MR) is 128 cm³/mol. The van der Waals surface area contributed by atoms with Crippen LogP contribution in [0.2, 0.25) is 0 Å². The molecule has 0 spiro atoms. The van der Waals surface area contributed by atoms with Crippen molar-refractivity contribution in [1.82, 2.24) is 4.90 Å². The van der Waals surface area contributed by atoms with Crippen molar-refractivity contribution < 1.29 is 32.6 Å². The molecule has 2 N–H and O–H groups in total. The van der Waals surface area contributed by atoms with Gasteiger partial charge in [0.05, 0.1) is 12.7 Å². The van der Waals surface area contributed by atoms with E-state index in [0.717, 1.165) is 11.1 Å². The van der Waals surface area contributed by atoms with Gasteiger partial charge in [0, 0.05) is 26.2 Å². The van der Waals surface area contributed by atoms with Gasteiger partial charge in [-0.1, -0.05) is 36.4 Å². The lowest BCUT2D eigenvalue weighted by atomic mass is 9.71. The first-order chi connectivity index (χ1) is 17.2. The number of carbonyl (C=O) groups is 2. The minimum Gasteiger partial charge on any atom is -0.463 e. The SMILES string of the molecule is CCOC(=O)C=C1C(OC)CC1c1cccc(C2(c3ccc(OC(F)F)cc3)N=C(N)N(C)C2=O)c1. The van der Waals surface area contributed by atoms with Gasteiger partial charge in [0.1, 0.15) is 5.75 Å². The van der Waals surface area contributed by atoms with Gasteiger partial charge in [0.15, 0.2) is 11.5 Å². The summed E-state index contributed by atoms with van der Waals surface area (Å²) in [5, 5.41) is 0. The topological polar surface area (TPSA) is 103 Å². The Labute approximate surface area is 207 Å². The van der Waals surface area contributed by atoms with Crippen LogP contribution < -0.4 is 10.5 Å². The highest BCUT2D eigenvalue weighted by atomic mass is 19.3. The number of esters is 1. The van der Waals surface area contributed by atoms with Crippen molar-refractivity contribution in [3.8, 4) is 5.75 Å². The van der Waals surface area contributed by atoms with Gasteiger partial charge in [-0.15, -0.1) is 0 Å². The van der Waals surface area contributed by atoms with Crippen LogP contribution >= 0.6 is 0 Å². The Kier molecular flexibility index (Phi) is 7.07. The smallest absolute Gasteiger partial charge is 0.387 e. The molecular formula is C26H27F2N3O5. The summed E-state index contributed by atoms with van der Waals surface area (Å²) < 4.78 is 40.3. The van der Waals surface area contributed by atoms with Crippen LogP contribution in [0.25, 0.3) is 0 Å². The first kappa shape index (κ1) is 25.3. The van der Waals surface area contributed by atoms with Crippen LogP contribution in [0.3, 0.4) is 0 Å². The third-order valence-electron chi connectivity index (χ3n) is 6.52. The molecule has 2 aliphatic rings. The van der Waals surface area contributed by atoms with Gasteiger partial charge in [-0.2, -0.15) is 8.78 Å². The van der Waals surface area contributed by atoms with E-state index in [4.69, 9.17) is 15.2 Å². The number of likely N-dealkylation sites (N-methyl/N-ethyl adjacent to an activating group) is 1. The summed E-state index contributed by atoms with van der Waals surface area (Å²) in [6.45, 7) is -0.969. The Hall–Kier alpha value is -3.79. The van der Waals surface area contributed by atoms with Gasteiger partial charge in [0.2, 0.25) is 0 Å². The van der Waals surface area contributed by atoms with E-state index >= 15 is 0 Å². The van der Waals surface area contributed by atoms with Gasteiger partial charge >= 0.3 is 12.6 Å². The lowest BCUT2D eigenvalue weighted by Crippen LogP contribution is -2.41. The summed E-state index contributed by atoms with van der Waals surface area (Å²) in [6, 6.07) is 13.1. The second-order valence-electron chi connectivity index (χ2n) is 8.48. The number of amides is 1. The lowest BCUT2D eigenvalue weighted by Gasteiger charge is -2.38. The van der Waals surface area contributed by atoms with Gasteiger partial charge < -0.3 is 19.9 Å². The fraction of sp³-hybridized carbons (Fsp3) is 0.346. The summed E-state index contributed by atoms with van der Waals surface area (Å²) in [6.07, 6.45) is 1.89. The zero-order valence-corrected chi connectivity index (χ0v) is 20.1. The summed E-state index contributed by atoms with van der Waals surface area (Å²) in [5.74, 6) is -0.950. The van der Waals surface area contributed by atoms with Gasteiger partial charge in [-0.05, 0) is 47.7 Å². The van der Waals surface area contributed by atoms with Crippen molar-refractivity contribution in [3.05, 3.63) is 76.9 Å². The summed E-state index contributed by atoms with van der Waals surface area (Å²) in [7, 11) is 3.10. The van der Waals surface area contributed by atoms with Crippen molar-refractivity contribution in [2.24, 2.45) is 10.7 Å². The van der Waals surface area contributed by atoms with E-state index in [0.29, 0.717) is 17.5 Å². The predicted octanol–water partition coefficient (Wildman–Crippen LogP) is 3.31. The van der Waals surface area contributed by atoms with Crippen LogP contribution in [0.5, 0.6) is 5.75 Å². The molecule has 0 bridgehead atoms. The Balaban J connectivity index is 1.76. The number of halogens is 2. The van der Waals surface area contributed by atoms with E-state index in [1.807, 2.05) is 12.1 Å². The number of rotatable bonds is 8. The van der Waals surface area contributed by atoms with E-state index in [-0.39, 0.29) is 36.2 Å². The molecule has 190 valence electrons. The fourth-order valence-corrected chi connectivity index (χ4v) is 4.67. The molecule has 1 amide bonds. The van der Waals surface area contributed by atoms with Crippen LogP contribution in [0, 0.1) is 0 Å². The molecule has 0 aromatic heterocycles. The van der Waals surface area contributed by atoms with Crippen molar-refractivity contribution in [2.75, 3.05) is 20.8 Å². The number of carbonyl (C=O) groups excluding carboxylic acids is 2. The monoisotopic (exact) mass is 499 g/mol. The van der Waals surface area contributed by atoms with Crippen LogP contribution in [-0.4, -0.2) is 56.2 Å². The molecule has 36 heavy (non-hydrogen) atoms. The minimum absolute atomic E-state index is 0.0318. The van der Waals surface area contributed by atoms with Crippen LogP contribution in [0.1, 0.15) is 36.0 Å². The third kappa shape index (κ3) is 4.44. The highest BCUT2D eigenvalue weighted by molar-refractivity contribution is 6.08. The Morgan fingerprint density at radius 2 is 1.97 bits per heavy atom. The molecule has 4 rings (SSSR count). The largest absolute Gasteiger partial charge is 0.463 e. The zero-order chi connectivity index (χ0) is 26.0. The summed E-state index contributed by atoms with van der Waals surface area (Å²) in [5.41, 5.74) is 7.19. The van der Waals surface area contributed by atoms with E-state index in [9.17, 15) is 18.4 Å². The molecule has 8 nitrogen and oxygen atoms in total. The maximum atomic E-state index is 13.5. The highest BCUT2D eigenvalue weighted by Gasteiger charge is 2.50. The lowest BCUT2D eigenvalue weighted by molar-refractivity contribution is -0.137. The molecule has 1 aliphatic carbocycles. The average molecular weight is 500 g/mol. The van der Waals surface area contributed by atoms with Crippen molar-refractivity contribution >= 4 is 17.8 Å². The van der Waals surface area contributed by atoms with Gasteiger partial charge in [-0.25, -0.2) is 9.79 Å². The summed E-state index contributed by atoms with van der Waals surface area (Å²) >= 11 is 0. The normalized spacial score (nSPS) is 24.6. The van der Waals surface area contributed by atoms with Gasteiger partial charge in [0.25, 0.3) is 5.91 Å². The van der Waals surface area contributed by atoms with Crippen molar-refractivity contribution in [2.45, 2.75) is 37.5 Å². The Morgan fingerprint density at radius 1 is 1.25 bits per heavy atom. The van der Waals surface area contributed by atoms with E-state index in [1.54, 1.807) is 26.2 Å². The van der Waals surface area contributed by atoms with Crippen LogP contribution in [-0.2, 0) is 24.6 Å². The number of aliphatic imine (C=N–C) groups is 1. The maximum Gasteiger partial charge on any atom is 0.387 e. The number of hydrogen-bond acceptors (Lipinski definition) is 7. The Morgan fingerprint density at radius 3 is 2.56 bits per heavy atom. The quantitative estimate of drug-likeness (QED) is 0.442. The van der Waals surface area contributed by atoms with E-state index in [1.165, 1.54) is 42.3 Å². The Bertz CT molecular complexity index is 1210. The van der Waals surface area contributed by atoms with Crippen LogP contribution in [0.15, 0.2) is 65.2 Å². The molecule has 0 saturated heterocycles. The molecular weight excluding hydrogens is 472 g/mol. The number of hydrogen-bond donors (Lipinski definition) is 1. The highest BCUT2D eigenvalue weighted by Crippen LogP contribution is 2.46. The second-order valence-corrected chi connectivity index (χ2v) is 8.48. The minimum atomic E-state index is -2.97. The molecule has 3 unspecified atom stereocenters. The summed E-state index contributed by atoms with van der Waals surface area (Å²) in [4.78, 5) is 31.5. The van der Waals surface area contributed by atoms with E-state index < -0.39 is 18.1 Å². The number of nitrogens with zero attached hydrogens (tertiary/aromatic N) is 2. The molecule has 1 saturated carbocycles. The van der Waals surface area contributed by atoms with Gasteiger partial charge in [-0.3, -0.25) is 9.69 Å². The molecule has 1 aliphatic heterocycles. The zero-order valence-electron chi connectivity index (χ0n) is 20.1. The average Bonchev–Trinajstić information content (AvgIpc) is 3.07. The first-order valence-electron chi connectivity index (χ1n) is 11.4. The number of nitrogens with two attached hydrogens (primary N) is 1. The van der Waals surface area contributed by atoms with Crippen molar-refractivity contribution in [1.29, 1.82) is 0 Å².